The number of aliphatic hydroxyl groups is 1. The van der Waals surface area contributed by atoms with Gasteiger partial charge < -0.3 is 10.0 Å². The summed E-state index contributed by atoms with van der Waals surface area (Å²) in [6, 6.07) is 3.33. The van der Waals surface area contributed by atoms with Crippen molar-refractivity contribution < 1.29 is 13.9 Å². The van der Waals surface area contributed by atoms with E-state index in [1.165, 1.54) is 0 Å². The predicted octanol–water partition coefficient (Wildman–Crippen LogP) is 1.88. The zero-order valence-electron chi connectivity index (χ0n) is 9.50. The Kier molecular flexibility index (Phi) is 2.45. The molecule has 1 aromatic carbocycles. The van der Waals surface area contributed by atoms with E-state index in [1.54, 1.807) is 0 Å². The summed E-state index contributed by atoms with van der Waals surface area (Å²) in [7, 11) is 0. The molecule has 0 radical (unpaired) electrons. The fourth-order valence-electron chi connectivity index (χ4n) is 3.14. The predicted molar refractivity (Wildman–Crippen MR) is 59.4 cm³/mol. The quantitative estimate of drug-likeness (QED) is 0.808. The molecule has 0 aliphatic carbocycles. The number of piperidine rings is 1. The third-order valence-corrected chi connectivity index (χ3v) is 4.15. The van der Waals surface area contributed by atoms with Gasteiger partial charge >= 0.3 is 0 Å². The molecule has 3 rings (SSSR count). The summed E-state index contributed by atoms with van der Waals surface area (Å²) in [5.41, 5.74) is -1.07. The van der Waals surface area contributed by atoms with Crippen molar-refractivity contribution in [1.82, 2.24) is 4.90 Å². The lowest BCUT2D eigenvalue weighted by atomic mass is 9.77. The summed E-state index contributed by atoms with van der Waals surface area (Å²) >= 11 is 0. The van der Waals surface area contributed by atoms with Gasteiger partial charge in [-0.2, -0.15) is 0 Å². The van der Waals surface area contributed by atoms with E-state index in [0.29, 0.717) is 6.42 Å². The average Bonchev–Trinajstić information content (AvgIpc) is 2.73. The molecule has 2 heterocycles. The number of benzene rings is 1. The van der Waals surface area contributed by atoms with Crippen LogP contribution in [0.25, 0.3) is 0 Å². The van der Waals surface area contributed by atoms with Gasteiger partial charge in [0, 0.05) is 24.6 Å². The van der Waals surface area contributed by atoms with Crippen LogP contribution in [0.15, 0.2) is 18.2 Å². The molecule has 2 saturated heterocycles. The zero-order chi connectivity index (χ0) is 12.0. The third-order valence-electron chi connectivity index (χ3n) is 4.15. The van der Waals surface area contributed by atoms with Crippen LogP contribution in [-0.2, 0) is 5.60 Å². The van der Waals surface area contributed by atoms with Crippen LogP contribution in [0.4, 0.5) is 8.78 Å². The highest BCUT2D eigenvalue weighted by Crippen LogP contribution is 2.43. The number of rotatable bonds is 1. The van der Waals surface area contributed by atoms with Gasteiger partial charge in [0.25, 0.3) is 0 Å². The molecule has 3 atom stereocenters. The lowest BCUT2D eigenvalue weighted by Gasteiger charge is -2.39. The van der Waals surface area contributed by atoms with E-state index >= 15 is 0 Å². The van der Waals surface area contributed by atoms with Crippen molar-refractivity contribution in [3.05, 3.63) is 35.4 Å². The molecule has 3 unspecified atom stereocenters. The molecule has 0 spiro atoms. The number of hydrogen-bond donors (Lipinski definition) is 1. The first-order valence-corrected chi connectivity index (χ1v) is 6.00. The fourth-order valence-corrected chi connectivity index (χ4v) is 3.14. The van der Waals surface area contributed by atoms with Gasteiger partial charge in [0.05, 0.1) is 5.60 Å². The molecular weight excluding hydrogens is 224 g/mol. The Hall–Kier alpha value is -1.00. The fraction of sp³-hybridized carbons (Fsp3) is 0.538. The summed E-state index contributed by atoms with van der Waals surface area (Å²) in [6.45, 7) is 2.49. The van der Waals surface area contributed by atoms with Gasteiger partial charge in [-0.1, -0.05) is 0 Å². The zero-order valence-corrected chi connectivity index (χ0v) is 9.50. The molecule has 92 valence electrons. The highest BCUT2D eigenvalue weighted by atomic mass is 19.1. The molecule has 2 fully saturated rings. The Morgan fingerprint density at radius 1 is 1.29 bits per heavy atom. The maximum Gasteiger partial charge on any atom is 0.129 e. The largest absolute Gasteiger partial charge is 0.385 e. The Bertz CT molecular complexity index is 451. The topological polar surface area (TPSA) is 23.5 Å². The monoisotopic (exact) mass is 239 g/mol. The highest BCUT2D eigenvalue weighted by molar-refractivity contribution is 5.27. The van der Waals surface area contributed by atoms with E-state index in [2.05, 4.69) is 4.90 Å². The van der Waals surface area contributed by atoms with Crippen LogP contribution in [0.3, 0.4) is 0 Å². The van der Waals surface area contributed by atoms with Crippen molar-refractivity contribution in [1.29, 1.82) is 0 Å². The number of fused-ring (bicyclic) bond motifs is 2. The molecule has 17 heavy (non-hydrogen) atoms. The van der Waals surface area contributed by atoms with Crippen LogP contribution in [0.2, 0.25) is 0 Å². The summed E-state index contributed by atoms with van der Waals surface area (Å²) in [5, 5.41) is 10.7. The molecule has 1 N–H and O–H groups in total. The lowest BCUT2D eigenvalue weighted by Crippen LogP contribution is -2.44. The second-order valence-electron chi connectivity index (χ2n) is 5.08. The van der Waals surface area contributed by atoms with Gasteiger partial charge in [-0.15, -0.1) is 0 Å². The summed E-state index contributed by atoms with van der Waals surface area (Å²) in [6.07, 6.45) is 1.34. The second kappa shape index (κ2) is 3.75. The molecule has 2 aliphatic heterocycles. The van der Waals surface area contributed by atoms with Gasteiger partial charge in [-0.25, -0.2) is 8.78 Å². The van der Waals surface area contributed by atoms with Crippen molar-refractivity contribution in [3.63, 3.8) is 0 Å². The van der Waals surface area contributed by atoms with Crippen LogP contribution < -0.4 is 0 Å². The van der Waals surface area contributed by atoms with Gasteiger partial charge in [-0.05, 0) is 37.6 Å². The Balaban J connectivity index is 2.04. The van der Waals surface area contributed by atoms with E-state index in [1.807, 2.05) is 0 Å². The maximum absolute atomic E-state index is 13.8. The van der Waals surface area contributed by atoms with E-state index in [4.69, 9.17) is 0 Å². The molecule has 2 nitrogen and oxygen atoms in total. The van der Waals surface area contributed by atoms with Crippen molar-refractivity contribution in [3.8, 4) is 0 Å². The van der Waals surface area contributed by atoms with E-state index < -0.39 is 17.2 Å². The van der Waals surface area contributed by atoms with E-state index in [0.717, 1.165) is 44.3 Å². The number of nitrogens with zero attached hydrogens (tertiary/aromatic N) is 1. The number of hydrogen-bond acceptors (Lipinski definition) is 2. The first-order chi connectivity index (χ1) is 8.09. The molecule has 0 aromatic heterocycles. The molecule has 0 amide bonds. The standard InChI is InChI=1S/C13H15F2NO/c14-10-1-2-12(15)11(7-10)13(17)4-6-16-5-3-9(13)8-16/h1-2,7,9,17H,3-6,8H2. The van der Waals surface area contributed by atoms with Crippen molar-refractivity contribution in [2.75, 3.05) is 19.6 Å². The van der Waals surface area contributed by atoms with E-state index in [9.17, 15) is 13.9 Å². The molecule has 4 heteroatoms. The molecular formula is C13H15F2NO. The number of halogens is 2. The summed E-state index contributed by atoms with van der Waals surface area (Å²) in [5.74, 6) is -0.975. The molecule has 0 saturated carbocycles. The molecule has 2 aliphatic rings. The molecule has 2 bridgehead atoms. The first kappa shape index (κ1) is 11.1. The Morgan fingerprint density at radius 2 is 2.12 bits per heavy atom. The van der Waals surface area contributed by atoms with E-state index in [-0.39, 0.29) is 11.5 Å². The minimum Gasteiger partial charge on any atom is -0.385 e. The lowest BCUT2D eigenvalue weighted by molar-refractivity contribution is -0.0530. The second-order valence-corrected chi connectivity index (χ2v) is 5.08. The van der Waals surface area contributed by atoms with Crippen molar-refractivity contribution in [2.24, 2.45) is 5.92 Å². The van der Waals surface area contributed by atoms with Crippen LogP contribution in [-0.4, -0.2) is 29.6 Å². The van der Waals surface area contributed by atoms with Crippen LogP contribution in [0.5, 0.6) is 0 Å². The summed E-state index contributed by atoms with van der Waals surface area (Å²) in [4.78, 5) is 2.26. The van der Waals surface area contributed by atoms with Crippen molar-refractivity contribution in [2.45, 2.75) is 18.4 Å². The molecule has 1 aromatic rings. The van der Waals surface area contributed by atoms with Crippen molar-refractivity contribution >= 4 is 0 Å². The minimum absolute atomic E-state index is 0.0209. The Labute approximate surface area is 98.9 Å². The normalized spacial score (nSPS) is 36.2. The highest BCUT2D eigenvalue weighted by Gasteiger charge is 2.47. The summed E-state index contributed by atoms with van der Waals surface area (Å²) < 4.78 is 27.0. The first-order valence-electron chi connectivity index (χ1n) is 6.00. The van der Waals surface area contributed by atoms with Gasteiger partial charge in [-0.3, -0.25) is 0 Å². The third kappa shape index (κ3) is 1.67. The smallest absolute Gasteiger partial charge is 0.129 e. The van der Waals surface area contributed by atoms with Gasteiger partial charge in [0.15, 0.2) is 0 Å². The van der Waals surface area contributed by atoms with Gasteiger partial charge in [0.1, 0.15) is 11.6 Å². The average molecular weight is 239 g/mol. The van der Waals surface area contributed by atoms with Crippen LogP contribution in [0, 0.1) is 17.6 Å². The maximum atomic E-state index is 13.8. The SMILES string of the molecule is OC1(c2cc(F)ccc2F)CCN2CCC1C2. The minimum atomic E-state index is -1.20. The van der Waals surface area contributed by atoms with Crippen LogP contribution >= 0.6 is 0 Å². The van der Waals surface area contributed by atoms with Crippen LogP contribution in [0.1, 0.15) is 18.4 Å². The van der Waals surface area contributed by atoms with Gasteiger partial charge in [0.2, 0.25) is 0 Å². The Morgan fingerprint density at radius 3 is 2.94 bits per heavy atom.